The molecular weight excluding hydrogens is 457 g/mol. The standard InChI is InChI=1S/C21H26NO4.HI/c1-22(2)10-9-15-11-18-20(26-13-25-18)21(24-3)19(15)16(22)12-17(23)14-7-5-4-6-8-14;/h4-8,11,16-17,23H,9-10,12-13H2,1-3H3;1H/q+1;/p-1. The molecule has 2 aliphatic heterocycles. The number of rotatable bonds is 4. The number of nitrogens with zero attached hydrogens (tertiary/aromatic N) is 1. The van der Waals surface area contributed by atoms with Gasteiger partial charge in [-0.15, -0.1) is 0 Å². The van der Waals surface area contributed by atoms with Gasteiger partial charge >= 0.3 is 0 Å². The van der Waals surface area contributed by atoms with Crippen molar-refractivity contribution in [1.29, 1.82) is 0 Å². The Bertz CT molecular complexity index is 810. The maximum atomic E-state index is 10.9. The molecule has 146 valence electrons. The monoisotopic (exact) mass is 483 g/mol. The Hall–Kier alpha value is -1.51. The van der Waals surface area contributed by atoms with Crippen molar-refractivity contribution in [3.63, 3.8) is 0 Å². The normalized spacial score (nSPS) is 20.4. The minimum atomic E-state index is -0.528. The highest BCUT2D eigenvalue weighted by atomic mass is 127. The van der Waals surface area contributed by atoms with Crippen LogP contribution in [0.1, 0.15) is 35.3 Å². The molecule has 2 heterocycles. The number of hydrogen-bond donors (Lipinski definition) is 1. The van der Waals surface area contributed by atoms with Crippen LogP contribution in [0.3, 0.4) is 0 Å². The van der Waals surface area contributed by atoms with Gasteiger partial charge in [0.1, 0.15) is 6.04 Å². The topological polar surface area (TPSA) is 47.9 Å². The first-order valence-corrected chi connectivity index (χ1v) is 9.06. The van der Waals surface area contributed by atoms with Crippen LogP contribution in [0.2, 0.25) is 0 Å². The molecule has 0 aliphatic carbocycles. The number of aliphatic hydroxyl groups excluding tert-OH is 1. The van der Waals surface area contributed by atoms with Crippen LogP contribution in [0.4, 0.5) is 0 Å². The first-order valence-electron chi connectivity index (χ1n) is 9.06. The van der Waals surface area contributed by atoms with Crippen molar-refractivity contribution in [2.75, 3.05) is 34.5 Å². The molecular formula is C21H26INO4. The number of hydrogen-bond acceptors (Lipinski definition) is 4. The third-order valence-corrected chi connectivity index (χ3v) is 5.71. The number of methoxy groups -OCH3 is 1. The molecule has 2 atom stereocenters. The summed E-state index contributed by atoms with van der Waals surface area (Å²) >= 11 is 0. The smallest absolute Gasteiger partial charge is 0.231 e. The van der Waals surface area contributed by atoms with E-state index < -0.39 is 6.10 Å². The molecule has 6 heteroatoms. The molecule has 2 unspecified atom stereocenters. The summed E-state index contributed by atoms with van der Waals surface area (Å²) in [5.74, 6) is 2.20. The van der Waals surface area contributed by atoms with Gasteiger partial charge in [0.15, 0.2) is 11.5 Å². The van der Waals surface area contributed by atoms with Gasteiger partial charge in [0, 0.05) is 12.8 Å². The Labute approximate surface area is 177 Å². The molecule has 0 radical (unpaired) electrons. The SMILES string of the molecule is COc1c2c(cc3c1C(CC(O)c1ccccc1)[N+](C)(C)CC3)OCO2.[I-]. The van der Waals surface area contributed by atoms with Gasteiger partial charge in [-0.3, -0.25) is 0 Å². The van der Waals surface area contributed by atoms with Crippen LogP contribution in [0.5, 0.6) is 17.2 Å². The van der Waals surface area contributed by atoms with E-state index in [-0.39, 0.29) is 36.8 Å². The molecule has 0 amide bonds. The predicted molar refractivity (Wildman–Crippen MR) is 98.6 cm³/mol. The zero-order valence-corrected chi connectivity index (χ0v) is 18.1. The van der Waals surface area contributed by atoms with E-state index in [1.165, 1.54) is 5.56 Å². The van der Waals surface area contributed by atoms with Crippen LogP contribution in [0.15, 0.2) is 36.4 Å². The summed E-state index contributed by atoms with van der Waals surface area (Å²) in [7, 11) is 6.11. The number of ether oxygens (including phenoxy) is 3. The van der Waals surface area contributed by atoms with E-state index in [0.29, 0.717) is 12.2 Å². The van der Waals surface area contributed by atoms with Gasteiger partial charge in [-0.25, -0.2) is 0 Å². The van der Waals surface area contributed by atoms with Crippen molar-refractivity contribution in [2.24, 2.45) is 0 Å². The number of aliphatic hydroxyl groups is 1. The quantitative estimate of drug-likeness (QED) is 0.500. The van der Waals surface area contributed by atoms with Gasteiger partial charge in [-0.05, 0) is 17.2 Å². The number of quaternary nitrogens is 1. The molecule has 27 heavy (non-hydrogen) atoms. The molecule has 2 aliphatic rings. The fourth-order valence-electron chi connectivity index (χ4n) is 4.19. The lowest BCUT2D eigenvalue weighted by molar-refractivity contribution is -0.924. The zero-order valence-electron chi connectivity index (χ0n) is 15.9. The van der Waals surface area contributed by atoms with Crippen LogP contribution in [-0.2, 0) is 6.42 Å². The Kier molecular flexibility index (Phi) is 5.88. The number of fused-ring (bicyclic) bond motifs is 2. The van der Waals surface area contributed by atoms with E-state index in [2.05, 4.69) is 20.2 Å². The second-order valence-electron chi connectivity index (χ2n) is 7.65. The maximum absolute atomic E-state index is 10.9. The number of benzene rings is 2. The molecule has 0 spiro atoms. The highest BCUT2D eigenvalue weighted by Gasteiger charge is 2.42. The molecule has 1 N–H and O–H groups in total. The molecule has 2 aromatic carbocycles. The van der Waals surface area contributed by atoms with Crippen LogP contribution in [0, 0.1) is 0 Å². The third-order valence-electron chi connectivity index (χ3n) is 5.71. The van der Waals surface area contributed by atoms with Crippen molar-refractivity contribution in [1.82, 2.24) is 0 Å². The molecule has 0 aromatic heterocycles. The summed E-state index contributed by atoms with van der Waals surface area (Å²) in [5, 5.41) is 10.9. The minimum Gasteiger partial charge on any atom is -1.00 e. The van der Waals surface area contributed by atoms with Crippen molar-refractivity contribution >= 4 is 0 Å². The van der Waals surface area contributed by atoms with E-state index in [1.54, 1.807) is 7.11 Å². The zero-order chi connectivity index (χ0) is 18.3. The van der Waals surface area contributed by atoms with Crippen LogP contribution < -0.4 is 38.2 Å². The highest BCUT2D eigenvalue weighted by molar-refractivity contribution is 5.61. The Morgan fingerprint density at radius 3 is 2.67 bits per heavy atom. The largest absolute Gasteiger partial charge is 1.00 e. The molecule has 0 fully saturated rings. The van der Waals surface area contributed by atoms with Gasteiger partial charge in [-0.1, -0.05) is 30.3 Å². The fourth-order valence-corrected chi connectivity index (χ4v) is 4.19. The molecule has 5 nitrogen and oxygen atoms in total. The summed E-state index contributed by atoms with van der Waals surface area (Å²) in [6.45, 7) is 1.23. The molecule has 0 bridgehead atoms. The van der Waals surface area contributed by atoms with E-state index in [4.69, 9.17) is 14.2 Å². The Morgan fingerprint density at radius 2 is 1.96 bits per heavy atom. The van der Waals surface area contributed by atoms with Gasteiger partial charge in [0.05, 0.1) is 39.4 Å². The predicted octanol–water partition coefficient (Wildman–Crippen LogP) is 0.225. The average molecular weight is 483 g/mol. The van der Waals surface area contributed by atoms with E-state index in [0.717, 1.165) is 40.1 Å². The summed E-state index contributed by atoms with van der Waals surface area (Å²) in [6, 6.07) is 12.0. The first-order chi connectivity index (χ1) is 12.5. The summed E-state index contributed by atoms with van der Waals surface area (Å²) in [5.41, 5.74) is 3.32. The lowest BCUT2D eigenvalue weighted by atomic mass is 9.85. The summed E-state index contributed by atoms with van der Waals surface area (Å²) in [4.78, 5) is 0. The second-order valence-corrected chi connectivity index (χ2v) is 7.65. The molecule has 0 saturated carbocycles. The van der Waals surface area contributed by atoms with Crippen molar-refractivity contribution in [3.8, 4) is 17.2 Å². The Morgan fingerprint density at radius 1 is 1.22 bits per heavy atom. The lowest BCUT2D eigenvalue weighted by Gasteiger charge is -2.44. The van der Waals surface area contributed by atoms with E-state index >= 15 is 0 Å². The van der Waals surface area contributed by atoms with Gasteiger partial charge < -0.3 is 47.8 Å². The number of likely N-dealkylation sites (N-methyl/N-ethyl adjacent to an activating group) is 1. The summed E-state index contributed by atoms with van der Waals surface area (Å²) in [6.07, 6.45) is 1.05. The number of halogens is 1. The first kappa shape index (κ1) is 20.2. The maximum Gasteiger partial charge on any atom is 0.231 e. The third kappa shape index (κ3) is 3.62. The lowest BCUT2D eigenvalue weighted by Crippen LogP contribution is -3.00. The molecule has 2 aromatic rings. The van der Waals surface area contributed by atoms with Crippen molar-refractivity contribution in [3.05, 3.63) is 53.1 Å². The highest BCUT2D eigenvalue weighted by Crippen LogP contribution is 2.52. The van der Waals surface area contributed by atoms with Crippen LogP contribution in [0.25, 0.3) is 0 Å². The average Bonchev–Trinajstić information content (AvgIpc) is 3.11. The molecule has 0 saturated heterocycles. The van der Waals surface area contributed by atoms with Gasteiger partial charge in [-0.2, -0.15) is 0 Å². The van der Waals surface area contributed by atoms with Crippen molar-refractivity contribution < 1.29 is 47.8 Å². The fraction of sp³-hybridized carbons (Fsp3) is 0.429. The second kappa shape index (κ2) is 7.85. The summed E-state index contributed by atoms with van der Waals surface area (Å²) < 4.78 is 17.8. The van der Waals surface area contributed by atoms with Crippen LogP contribution in [-0.4, -0.2) is 44.1 Å². The van der Waals surface area contributed by atoms with Gasteiger partial charge in [0.2, 0.25) is 12.5 Å². The van der Waals surface area contributed by atoms with E-state index in [1.807, 2.05) is 30.3 Å². The van der Waals surface area contributed by atoms with Gasteiger partial charge in [0.25, 0.3) is 0 Å². The minimum absolute atomic E-state index is 0. The van der Waals surface area contributed by atoms with Crippen LogP contribution >= 0.6 is 0 Å². The molecule has 4 rings (SSSR count). The van der Waals surface area contributed by atoms with E-state index in [9.17, 15) is 5.11 Å². The Balaban J connectivity index is 0.00000210. The van der Waals surface area contributed by atoms with Crippen molar-refractivity contribution in [2.45, 2.75) is 25.0 Å².